The minimum absolute atomic E-state index is 0.0580. The van der Waals surface area contributed by atoms with Crippen LogP contribution in [0.1, 0.15) is 34.6 Å². The molecule has 0 aliphatic rings. The van der Waals surface area contributed by atoms with Gasteiger partial charge in [0, 0.05) is 0 Å². The zero-order chi connectivity index (χ0) is 17.1. The van der Waals surface area contributed by atoms with Gasteiger partial charge in [-0.2, -0.15) is 0 Å². The van der Waals surface area contributed by atoms with Crippen LogP contribution in [0.15, 0.2) is 60.7 Å². The molecule has 0 radical (unpaired) electrons. The Morgan fingerprint density at radius 3 is 1.57 bits per heavy atom. The average Bonchev–Trinajstić information content (AvgIpc) is 2.48. The Bertz CT molecular complexity index is 603. The number of hydrogen-bond donors (Lipinski definition) is 0. The monoisotopic (exact) mass is 326 g/mol. The van der Waals surface area contributed by atoms with Crippen molar-refractivity contribution in [3.63, 3.8) is 0 Å². The molecule has 0 atom stereocenters. The van der Waals surface area contributed by atoms with Crippen molar-refractivity contribution in [3.05, 3.63) is 60.7 Å². The predicted molar refractivity (Wildman–Crippen MR) is 99.2 cm³/mol. The second-order valence-corrected chi connectivity index (χ2v) is 11.7. The Labute approximate surface area is 140 Å². The lowest BCUT2D eigenvalue weighted by atomic mass is 10.2. The summed E-state index contributed by atoms with van der Waals surface area (Å²) in [5.74, 6) is 0. The second kappa shape index (κ2) is 6.71. The van der Waals surface area contributed by atoms with Gasteiger partial charge in [0.2, 0.25) is 0 Å². The smallest absolute Gasteiger partial charge is 0.283 e. The van der Waals surface area contributed by atoms with Crippen LogP contribution in [0, 0.1) is 0 Å². The van der Waals surface area contributed by atoms with Gasteiger partial charge < -0.3 is 4.74 Å². The molecule has 0 N–H and O–H groups in total. The van der Waals surface area contributed by atoms with Gasteiger partial charge in [-0.15, -0.1) is 0 Å². The molecule has 0 bridgehead atoms. The van der Waals surface area contributed by atoms with E-state index in [1.54, 1.807) is 0 Å². The molecule has 0 fully saturated rings. The van der Waals surface area contributed by atoms with E-state index >= 15 is 0 Å². The summed E-state index contributed by atoms with van der Waals surface area (Å²) in [5.41, 5.74) is -0.0580. The highest BCUT2D eigenvalue weighted by Crippen LogP contribution is 2.37. The summed E-state index contributed by atoms with van der Waals surface area (Å²) in [6.45, 7) is 10.3. The van der Waals surface area contributed by atoms with Crippen LogP contribution in [-0.4, -0.2) is 19.8 Å². The first-order valence-electron chi connectivity index (χ1n) is 8.12. The third kappa shape index (κ3) is 3.25. The normalized spacial score (nSPS) is 12.3. The molecule has 0 aliphatic heterocycles. The Kier molecular flexibility index (Phi) is 5.10. The average molecular weight is 327 g/mol. The maximum Gasteiger partial charge on any atom is 0.283 e. The fraction of sp³-hybridized carbons (Fsp3) is 0.350. The molecule has 0 amide bonds. The molecule has 0 saturated carbocycles. The fourth-order valence-corrected chi connectivity index (χ4v) is 8.20. The van der Waals surface area contributed by atoms with E-state index < -0.39 is 8.07 Å². The van der Waals surface area contributed by atoms with E-state index in [4.69, 9.17) is 4.74 Å². The second-order valence-electron chi connectivity index (χ2n) is 7.19. The summed E-state index contributed by atoms with van der Waals surface area (Å²) in [4.78, 5) is 13.4. The topological polar surface area (TPSA) is 26.3 Å². The van der Waals surface area contributed by atoms with Gasteiger partial charge in [0.15, 0.2) is 0 Å². The summed E-state index contributed by atoms with van der Waals surface area (Å²) in [7, 11) is -2.78. The molecule has 2 nitrogen and oxygen atoms in total. The molecular formula is C20H26O2Si. The number of hydrogen-bond acceptors (Lipinski definition) is 2. The van der Waals surface area contributed by atoms with Crippen LogP contribution in [0.25, 0.3) is 0 Å². The SMILES string of the molecule is CC(C)OC(=O)[Si](c1ccccc1)(c1ccccc1)C(C)(C)C. The van der Waals surface area contributed by atoms with Crippen molar-refractivity contribution in [1.82, 2.24) is 0 Å². The lowest BCUT2D eigenvalue weighted by Crippen LogP contribution is -2.70. The standard InChI is InChI=1S/C20H26O2Si/c1-16(2)22-19(21)23(20(3,4)5,17-12-8-6-9-13-17)18-14-10-7-11-15-18/h6-16H,1-5H3. The Morgan fingerprint density at radius 2 is 1.26 bits per heavy atom. The van der Waals surface area contributed by atoms with Gasteiger partial charge in [0.1, 0.15) is 0 Å². The predicted octanol–water partition coefficient (Wildman–Crippen LogP) is 4.18. The van der Waals surface area contributed by atoms with Crippen LogP contribution >= 0.6 is 0 Å². The van der Waals surface area contributed by atoms with E-state index in [0.717, 1.165) is 10.4 Å². The van der Waals surface area contributed by atoms with Crippen LogP contribution in [0.4, 0.5) is 4.79 Å². The molecule has 0 aromatic heterocycles. The van der Waals surface area contributed by atoms with Gasteiger partial charge in [0.05, 0.1) is 6.10 Å². The van der Waals surface area contributed by atoms with Crippen LogP contribution in [-0.2, 0) is 4.74 Å². The van der Waals surface area contributed by atoms with Crippen molar-refractivity contribution in [1.29, 1.82) is 0 Å². The molecule has 0 unspecified atom stereocenters. The van der Waals surface area contributed by atoms with Gasteiger partial charge in [-0.3, -0.25) is 4.79 Å². The lowest BCUT2D eigenvalue weighted by molar-refractivity contribution is 0.138. The van der Waals surface area contributed by atoms with Gasteiger partial charge in [-0.1, -0.05) is 81.4 Å². The van der Waals surface area contributed by atoms with Crippen LogP contribution < -0.4 is 10.4 Å². The zero-order valence-corrected chi connectivity index (χ0v) is 15.7. The van der Waals surface area contributed by atoms with E-state index in [9.17, 15) is 4.79 Å². The van der Waals surface area contributed by atoms with Crippen LogP contribution in [0.5, 0.6) is 0 Å². The molecule has 0 spiro atoms. The van der Waals surface area contributed by atoms with Crippen molar-refractivity contribution in [2.45, 2.75) is 45.8 Å². The van der Waals surface area contributed by atoms with Crippen molar-refractivity contribution in [3.8, 4) is 0 Å². The third-order valence-corrected chi connectivity index (χ3v) is 9.57. The maximum absolute atomic E-state index is 13.4. The first-order chi connectivity index (χ1) is 10.8. The minimum Gasteiger partial charge on any atom is -0.467 e. The molecule has 2 rings (SSSR count). The van der Waals surface area contributed by atoms with Gasteiger partial charge in [0.25, 0.3) is 13.7 Å². The molecule has 0 saturated heterocycles. The number of rotatable bonds is 4. The maximum atomic E-state index is 13.4. The summed E-state index contributed by atoms with van der Waals surface area (Å²) in [6, 6.07) is 20.3. The van der Waals surface area contributed by atoms with Crippen molar-refractivity contribution in [2.75, 3.05) is 0 Å². The Morgan fingerprint density at radius 1 is 0.870 bits per heavy atom. The van der Waals surface area contributed by atoms with Gasteiger partial charge in [-0.25, -0.2) is 0 Å². The van der Waals surface area contributed by atoms with Crippen LogP contribution in [0.2, 0.25) is 5.04 Å². The largest absolute Gasteiger partial charge is 0.467 e. The highest BCUT2D eigenvalue weighted by molar-refractivity contribution is 7.23. The molecule has 23 heavy (non-hydrogen) atoms. The minimum atomic E-state index is -2.78. The molecule has 2 aromatic rings. The van der Waals surface area contributed by atoms with E-state index in [2.05, 4.69) is 45.0 Å². The van der Waals surface area contributed by atoms with Crippen molar-refractivity contribution >= 4 is 24.0 Å². The highest BCUT2D eigenvalue weighted by Gasteiger charge is 2.56. The number of ether oxygens (including phenoxy) is 1. The number of carbonyl (C=O) groups is 1. The summed E-state index contributed by atoms with van der Waals surface area (Å²) in [5, 5.41) is 2.00. The molecule has 0 aliphatic carbocycles. The lowest BCUT2D eigenvalue weighted by Gasteiger charge is -2.41. The first kappa shape index (κ1) is 17.5. The van der Waals surface area contributed by atoms with Crippen molar-refractivity contribution in [2.24, 2.45) is 0 Å². The van der Waals surface area contributed by atoms with E-state index in [0.29, 0.717) is 0 Å². The molecule has 0 heterocycles. The van der Waals surface area contributed by atoms with Crippen LogP contribution in [0.3, 0.4) is 0 Å². The first-order valence-corrected chi connectivity index (χ1v) is 10.1. The Hall–Kier alpha value is -1.87. The molecule has 3 heteroatoms. The molecule has 122 valence electrons. The van der Waals surface area contributed by atoms with Gasteiger partial charge >= 0.3 is 0 Å². The molecule has 2 aromatic carbocycles. The number of benzene rings is 2. The fourth-order valence-electron chi connectivity index (χ4n) is 3.25. The van der Waals surface area contributed by atoms with E-state index in [1.807, 2.05) is 50.2 Å². The third-order valence-electron chi connectivity index (χ3n) is 4.19. The Balaban J connectivity index is 2.78. The molecular weight excluding hydrogens is 300 g/mol. The summed E-state index contributed by atoms with van der Waals surface area (Å²) in [6.07, 6.45) is -0.121. The highest BCUT2D eigenvalue weighted by atomic mass is 28.3. The zero-order valence-electron chi connectivity index (χ0n) is 14.7. The summed E-state index contributed by atoms with van der Waals surface area (Å²) < 4.78 is 5.77. The van der Waals surface area contributed by atoms with Crippen molar-refractivity contribution < 1.29 is 9.53 Å². The van der Waals surface area contributed by atoms with Gasteiger partial charge in [-0.05, 0) is 29.3 Å². The quantitative estimate of drug-likeness (QED) is 0.788. The summed E-state index contributed by atoms with van der Waals surface area (Å²) >= 11 is 0. The number of carbonyl (C=O) groups excluding carboxylic acids is 1. The van der Waals surface area contributed by atoms with E-state index in [-0.39, 0.29) is 16.7 Å². The van der Waals surface area contributed by atoms with E-state index in [1.165, 1.54) is 0 Å².